The number of carbonyl (C=O) groups excluding carboxylic acids is 2. The number of carbonyl (C=O) groups is 2. The highest BCUT2D eigenvalue weighted by molar-refractivity contribution is 6.20. The van der Waals surface area contributed by atoms with Crippen LogP contribution in [0.5, 0.6) is 5.75 Å². The smallest absolute Gasteiger partial charge is 0.271 e. The predicted molar refractivity (Wildman–Crippen MR) is 150 cm³/mol. The van der Waals surface area contributed by atoms with E-state index < -0.39 is 5.91 Å². The molecule has 0 saturated heterocycles. The van der Waals surface area contributed by atoms with Gasteiger partial charge < -0.3 is 4.74 Å². The first-order valence-electron chi connectivity index (χ1n) is 13.4. The van der Waals surface area contributed by atoms with Crippen molar-refractivity contribution in [3.63, 3.8) is 0 Å². The second-order valence-corrected chi connectivity index (χ2v) is 10.4. The van der Waals surface area contributed by atoms with Gasteiger partial charge in [-0.2, -0.15) is 10.4 Å². The molecule has 39 heavy (non-hydrogen) atoms. The summed E-state index contributed by atoms with van der Waals surface area (Å²) in [4.78, 5) is 28.3. The molecule has 3 aromatic rings. The summed E-state index contributed by atoms with van der Waals surface area (Å²) in [5, 5.41) is 14.8. The Morgan fingerprint density at radius 1 is 1.05 bits per heavy atom. The number of para-hydroxylation sites is 1. The zero-order valence-corrected chi connectivity index (χ0v) is 22.8. The van der Waals surface area contributed by atoms with Crippen LogP contribution in [0.4, 0.5) is 0 Å². The fourth-order valence-electron chi connectivity index (χ4n) is 5.41. The SMILES string of the molecule is CC1=C(C#N)C(=O)N(C2CCCC2)C(=O)/C1=C/c1cn(-c2ccccc2)nc1-c1ccc(OC(C)C)cc1C. The van der Waals surface area contributed by atoms with Gasteiger partial charge in [0.2, 0.25) is 0 Å². The van der Waals surface area contributed by atoms with Gasteiger partial charge in [-0.3, -0.25) is 14.5 Å². The Morgan fingerprint density at radius 2 is 1.77 bits per heavy atom. The van der Waals surface area contributed by atoms with E-state index in [2.05, 4.69) is 6.07 Å². The van der Waals surface area contributed by atoms with Crippen molar-refractivity contribution < 1.29 is 14.3 Å². The molecule has 0 radical (unpaired) electrons. The van der Waals surface area contributed by atoms with Gasteiger partial charge in [-0.1, -0.05) is 31.0 Å². The fourth-order valence-corrected chi connectivity index (χ4v) is 5.41. The summed E-state index contributed by atoms with van der Waals surface area (Å²) in [5.74, 6) is -0.0562. The number of rotatable bonds is 6. The summed E-state index contributed by atoms with van der Waals surface area (Å²) in [6.07, 6.45) is 7.19. The van der Waals surface area contributed by atoms with Gasteiger partial charge in [-0.05, 0) is 88.1 Å². The molecule has 1 aliphatic carbocycles. The largest absolute Gasteiger partial charge is 0.491 e. The second-order valence-electron chi connectivity index (χ2n) is 10.4. The Hall–Kier alpha value is -4.44. The number of hydrogen-bond donors (Lipinski definition) is 0. The van der Waals surface area contributed by atoms with Crippen molar-refractivity contribution in [2.24, 2.45) is 0 Å². The molecule has 0 atom stereocenters. The van der Waals surface area contributed by atoms with Crippen LogP contribution in [-0.2, 0) is 9.59 Å². The molecule has 7 nitrogen and oxygen atoms in total. The molecule has 1 aromatic heterocycles. The Bertz CT molecular complexity index is 1530. The van der Waals surface area contributed by atoms with E-state index in [9.17, 15) is 14.9 Å². The highest BCUT2D eigenvalue weighted by Crippen LogP contribution is 2.36. The summed E-state index contributed by atoms with van der Waals surface area (Å²) in [6, 6.07) is 17.5. The summed E-state index contributed by atoms with van der Waals surface area (Å²) in [7, 11) is 0. The van der Waals surface area contributed by atoms with Crippen LogP contribution in [-0.4, -0.2) is 38.6 Å². The van der Waals surface area contributed by atoms with Gasteiger partial charge in [0.15, 0.2) is 0 Å². The van der Waals surface area contributed by atoms with E-state index in [-0.39, 0.29) is 23.6 Å². The maximum atomic E-state index is 13.8. The standard InChI is InChI=1S/C32H32N4O3/c1-20(2)39-26-14-15-27(21(3)16-26)30-23(19-35(34-30)24-10-6-5-7-11-24)17-28-22(4)29(18-33)32(38)36(31(28)37)25-12-8-9-13-25/h5-7,10-11,14-17,19-20,25H,8-9,12-13H2,1-4H3/b28-17+. The predicted octanol–water partition coefficient (Wildman–Crippen LogP) is 6.17. The molecule has 1 saturated carbocycles. The summed E-state index contributed by atoms with van der Waals surface area (Å²) in [6.45, 7) is 7.66. The lowest BCUT2D eigenvalue weighted by atomic mass is 9.91. The Balaban J connectivity index is 1.67. The zero-order chi connectivity index (χ0) is 27.7. The lowest BCUT2D eigenvalue weighted by Crippen LogP contribution is -2.47. The summed E-state index contributed by atoms with van der Waals surface area (Å²) >= 11 is 0. The van der Waals surface area contributed by atoms with Crippen LogP contribution in [0.1, 0.15) is 57.6 Å². The van der Waals surface area contributed by atoms with Gasteiger partial charge >= 0.3 is 0 Å². The van der Waals surface area contributed by atoms with Crippen molar-refractivity contribution in [1.29, 1.82) is 5.26 Å². The number of hydrogen-bond acceptors (Lipinski definition) is 5. The molecule has 0 spiro atoms. The molecule has 0 bridgehead atoms. The minimum absolute atomic E-state index is 0.0242. The number of nitrogens with zero attached hydrogens (tertiary/aromatic N) is 4. The first-order valence-corrected chi connectivity index (χ1v) is 13.4. The van der Waals surface area contributed by atoms with Crippen LogP contribution >= 0.6 is 0 Å². The summed E-state index contributed by atoms with van der Waals surface area (Å²) < 4.78 is 7.67. The molecule has 2 aliphatic rings. The van der Waals surface area contributed by atoms with Crippen molar-refractivity contribution in [3.05, 3.63) is 82.6 Å². The molecule has 2 amide bonds. The van der Waals surface area contributed by atoms with Gasteiger partial charge in [0, 0.05) is 28.9 Å². The zero-order valence-electron chi connectivity index (χ0n) is 22.8. The second kappa shape index (κ2) is 10.7. The first kappa shape index (κ1) is 26.2. The van der Waals surface area contributed by atoms with Crippen molar-refractivity contribution in [2.45, 2.75) is 65.5 Å². The van der Waals surface area contributed by atoms with E-state index >= 15 is 0 Å². The van der Waals surface area contributed by atoms with E-state index in [0.29, 0.717) is 16.8 Å². The van der Waals surface area contributed by atoms with Crippen molar-refractivity contribution in [1.82, 2.24) is 14.7 Å². The minimum atomic E-state index is -0.485. The number of aromatic nitrogens is 2. The number of ether oxygens (including phenoxy) is 1. The molecular formula is C32H32N4O3. The van der Waals surface area contributed by atoms with E-state index in [0.717, 1.165) is 53.8 Å². The number of nitriles is 1. The van der Waals surface area contributed by atoms with Gasteiger partial charge in [0.05, 0.1) is 11.8 Å². The molecule has 1 fully saturated rings. The highest BCUT2D eigenvalue weighted by Gasteiger charge is 2.40. The van der Waals surface area contributed by atoms with Crippen LogP contribution < -0.4 is 4.74 Å². The van der Waals surface area contributed by atoms with Gasteiger partial charge in [-0.15, -0.1) is 0 Å². The monoisotopic (exact) mass is 520 g/mol. The number of amides is 2. The maximum absolute atomic E-state index is 13.8. The number of benzene rings is 2. The van der Waals surface area contributed by atoms with Crippen molar-refractivity contribution >= 4 is 17.9 Å². The minimum Gasteiger partial charge on any atom is -0.491 e. The van der Waals surface area contributed by atoms with E-state index in [1.54, 1.807) is 17.7 Å². The first-order chi connectivity index (χ1) is 18.8. The normalized spacial score (nSPS) is 17.4. The molecule has 5 rings (SSSR count). The van der Waals surface area contributed by atoms with Crippen LogP contribution in [0.2, 0.25) is 0 Å². The van der Waals surface area contributed by atoms with Crippen LogP contribution in [0.25, 0.3) is 23.0 Å². The van der Waals surface area contributed by atoms with Crippen LogP contribution in [0.3, 0.4) is 0 Å². The number of imide groups is 1. The van der Waals surface area contributed by atoms with Gasteiger partial charge in [0.1, 0.15) is 23.1 Å². The lowest BCUT2D eigenvalue weighted by Gasteiger charge is -2.32. The fraction of sp³-hybridized carbons (Fsp3) is 0.312. The highest BCUT2D eigenvalue weighted by atomic mass is 16.5. The van der Waals surface area contributed by atoms with E-state index in [1.807, 2.05) is 75.5 Å². The van der Waals surface area contributed by atoms with Gasteiger partial charge in [-0.25, -0.2) is 4.68 Å². The third-order valence-corrected chi connectivity index (χ3v) is 7.35. The Kier molecular flexibility index (Phi) is 7.21. The molecule has 2 heterocycles. The lowest BCUT2D eigenvalue weighted by molar-refractivity contribution is -0.143. The third-order valence-electron chi connectivity index (χ3n) is 7.35. The summed E-state index contributed by atoms with van der Waals surface area (Å²) in [5.41, 5.74) is 4.96. The molecule has 0 unspecified atom stereocenters. The molecule has 198 valence electrons. The Morgan fingerprint density at radius 3 is 2.41 bits per heavy atom. The molecule has 1 aliphatic heterocycles. The maximum Gasteiger partial charge on any atom is 0.271 e. The average molecular weight is 521 g/mol. The van der Waals surface area contributed by atoms with Gasteiger partial charge in [0.25, 0.3) is 11.8 Å². The average Bonchev–Trinajstić information content (AvgIpc) is 3.58. The molecule has 0 N–H and O–H groups in total. The van der Waals surface area contributed by atoms with Crippen LogP contribution in [0, 0.1) is 18.3 Å². The quantitative estimate of drug-likeness (QED) is 0.286. The van der Waals surface area contributed by atoms with Crippen molar-refractivity contribution in [2.75, 3.05) is 0 Å². The third kappa shape index (κ3) is 5.03. The van der Waals surface area contributed by atoms with Crippen LogP contribution in [0.15, 0.2) is 71.4 Å². The number of aryl methyl sites for hydroxylation is 1. The van der Waals surface area contributed by atoms with E-state index in [4.69, 9.17) is 9.84 Å². The van der Waals surface area contributed by atoms with Crippen molar-refractivity contribution in [3.8, 4) is 28.8 Å². The molecule has 7 heteroatoms. The van der Waals surface area contributed by atoms with E-state index in [1.165, 1.54) is 4.90 Å². The Labute approximate surface area is 229 Å². The molecular weight excluding hydrogens is 488 g/mol. The topological polar surface area (TPSA) is 88.2 Å². The molecule has 2 aromatic carbocycles.